The van der Waals surface area contributed by atoms with Crippen LogP contribution in [0, 0.1) is 11.3 Å². The lowest BCUT2D eigenvalue weighted by molar-refractivity contribution is -0.138. The molecule has 1 spiro atoms. The monoisotopic (exact) mass is 438 g/mol. The second-order valence-corrected chi connectivity index (χ2v) is 7.40. The fraction of sp³-hybridized carbons (Fsp3) is 0.136. The molecule has 7 nitrogen and oxygen atoms in total. The fourth-order valence-electron chi connectivity index (χ4n) is 4.51. The van der Waals surface area contributed by atoms with Crippen LogP contribution >= 0.6 is 0 Å². The minimum absolute atomic E-state index is 0.0782. The number of nitrogens with zero attached hydrogens (tertiary/aromatic N) is 2. The maximum Gasteiger partial charge on any atom is 0.416 e. The second-order valence-electron chi connectivity index (χ2n) is 7.40. The number of hydrogen-bond donors (Lipinski definition) is 2. The van der Waals surface area contributed by atoms with Crippen molar-refractivity contribution in [1.29, 1.82) is 5.26 Å². The fourth-order valence-corrected chi connectivity index (χ4v) is 4.51. The molecule has 0 saturated carbocycles. The Bertz CT molecular complexity index is 1300. The van der Waals surface area contributed by atoms with Crippen LogP contribution in [0.15, 0.2) is 71.2 Å². The van der Waals surface area contributed by atoms with E-state index < -0.39 is 29.0 Å². The summed E-state index contributed by atoms with van der Waals surface area (Å²) >= 11 is 0. The topological polar surface area (TPSA) is 108 Å². The predicted molar refractivity (Wildman–Crippen MR) is 105 cm³/mol. The molecule has 2 aromatic rings. The summed E-state index contributed by atoms with van der Waals surface area (Å²) in [6, 6.07) is 12.7. The average molecular weight is 438 g/mol. The van der Waals surface area contributed by atoms with Gasteiger partial charge in [0.25, 0.3) is 0 Å². The lowest BCUT2D eigenvalue weighted by Crippen LogP contribution is -2.48. The van der Waals surface area contributed by atoms with Gasteiger partial charge >= 0.3 is 12.1 Å². The number of nitriles is 1. The Kier molecular flexibility index (Phi) is 3.92. The van der Waals surface area contributed by atoms with E-state index in [0.29, 0.717) is 11.3 Å². The highest BCUT2D eigenvalue weighted by Gasteiger charge is 2.61. The Morgan fingerprint density at radius 2 is 1.81 bits per heavy atom. The van der Waals surface area contributed by atoms with Crippen molar-refractivity contribution in [2.24, 2.45) is 5.73 Å². The van der Waals surface area contributed by atoms with Crippen LogP contribution in [-0.4, -0.2) is 18.5 Å². The van der Waals surface area contributed by atoms with Crippen LogP contribution in [0.4, 0.5) is 24.5 Å². The molecule has 0 bridgehead atoms. The summed E-state index contributed by atoms with van der Waals surface area (Å²) in [6.07, 6.45) is -4.54. The largest absolute Gasteiger partial charge is 0.456 e. The summed E-state index contributed by atoms with van der Waals surface area (Å²) < 4.78 is 44.2. The Hall–Kier alpha value is -4.26. The summed E-state index contributed by atoms with van der Waals surface area (Å²) in [5.41, 5.74) is 4.57. The molecule has 5 rings (SSSR count). The van der Waals surface area contributed by atoms with Gasteiger partial charge in [-0.3, -0.25) is 9.69 Å². The number of halogens is 3. The summed E-state index contributed by atoms with van der Waals surface area (Å²) in [5, 5.41) is 12.7. The van der Waals surface area contributed by atoms with Crippen molar-refractivity contribution >= 4 is 23.3 Å². The molecule has 0 unspecified atom stereocenters. The lowest BCUT2D eigenvalue weighted by atomic mass is 9.67. The number of cyclic esters (lactones) is 1. The molecule has 3 aliphatic rings. The minimum Gasteiger partial charge on any atom is -0.456 e. The quantitative estimate of drug-likeness (QED) is 0.663. The highest BCUT2D eigenvalue weighted by Crippen LogP contribution is 2.54. The van der Waals surface area contributed by atoms with E-state index in [1.54, 1.807) is 24.3 Å². The summed E-state index contributed by atoms with van der Waals surface area (Å²) in [7, 11) is 0. The molecule has 1 amide bonds. The average Bonchev–Trinajstić information content (AvgIpc) is 3.27. The Morgan fingerprint density at radius 3 is 2.47 bits per heavy atom. The van der Waals surface area contributed by atoms with Gasteiger partial charge in [-0.1, -0.05) is 18.2 Å². The van der Waals surface area contributed by atoms with E-state index in [-0.39, 0.29) is 35.0 Å². The number of amides is 1. The maximum absolute atomic E-state index is 13.3. The summed E-state index contributed by atoms with van der Waals surface area (Å²) in [6.45, 7) is -0.258. The van der Waals surface area contributed by atoms with Crippen LogP contribution in [0.25, 0.3) is 0 Å². The van der Waals surface area contributed by atoms with E-state index in [4.69, 9.17) is 10.5 Å². The van der Waals surface area contributed by atoms with Crippen LogP contribution in [-0.2, 0) is 25.9 Å². The van der Waals surface area contributed by atoms with Gasteiger partial charge in [0, 0.05) is 16.9 Å². The number of anilines is 2. The molecule has 3 heterocycles. The molecular formula is C22H13F3N4O3. The molecule has 2 aromatic carbocycles. The molecule has 0 saturated heterocycles. The van der Waals surface area contributed by atoms with Crippen LogP contribution in [0.3, 0.4) is 0 Å². The minimum atomic E-state index is -4.54. The van der Waals surface area contributed by atoms with Crippen molar-refractivity contribution in [3.63, 3.8) is 0 Å². The van der Waals surface area contributed by atoms with Gasteiger partial charge in [0.15, 0.2) is 0 Å². The van der Waals surface area contributed by atoms with E-state index in [0.717, 1.165) is 12.1 Å². The molecule has 1 atom stereocenters. The van der Waals surface area contributed by atoms with Crippen molar-refractivity contribution in [3.05, 3.63) is 82.3 Å². The smallest absolute Gasteiger partial charge is 0.416 e. The molecule has 3 aliphatic heterocycles. The molecule has 0 fully saturated rings. The first-order chi connectivity index (χ1) is 15.2. The van der Waals surface area contributed by atoms with E-state index in [9.17, 15) is 28.0 Å². The highest BCUT2D eigenvalue weighted by atomic mass is 19.4. The van der Waals surface area contributed by atoms with Crippen molar-refractivity contribution in [2.45, 2.75) is 11.6 Å². The van der Waals surface area contributed by atoms with Crippen LogP contribution < -0.4 is 16.0 Å². The maximum atomic E-state index is 13.3. The zero-order chi connectivity index (χ0) is 22.8. The number of nitrogens with two attached hydrogens (primary N) is 1. The highest BCUT2D eigenvalue weighted by molar-refractivity contribution is 6.18. The molecule has 160 valence electrons. The zero-order valence-electron chi connectivity index (χ0n) is 16.2. The number of ether oxygens (including phenoxy) is 1. The van der Waals surface area contributed by atoms with E-state index in [1.807, 2.05) is 6.07 Å². The lowest BCUT2D eigenvalue weighted by Gasteiger charge is -2.38. The van der Waals surface area contributed by atoms with Crippen LogP contribution in [0.5, 0.6) is 0 Å². The van der Waals surface area contributed by atoms with Gasteiger partial charge < -0.3 is 15.8 Å². The van der Waals surface area contributed by atoms with E-state index in [2.05, 4.69) is 5.32 Å². The zero-order valence-corrected chi connectivity index (χ0v) is 16.2. The number of carbonyl (C=O) groups excluding carboxylic acids is 2. The van der Waals surface area contributed by atoms with Gasteiger partial charge in [-0.2, -0.15) is 18.4 Å². The van der Waals surface area contributed by atoms with Gasteiger partial charge in [-0.15, -0.1) is 0 Å². The second kappa shape index (κ2) is 6.37. The first kappa shape index (κ1) is 19.7. The van der Waals surface area contributed by atoms with Crippen molar-refractivity contribution in [1.82, 2.24) is 0 Å². The SMILES string of the molecule is N#CC1=C(N)N(c2ccc(C(F)(F)F)cc2)C2=C(C(=O)OC2)[C@@]12C(=O)Nc1ccccc12. The van der Waals surface area contributed by atoms with Gasteiger partial charge in [0.1, 0.15) is 23.9 Å². The van der Waals surface area contributed by atoms with E-state index in [1.165, 1.54) is 17.0 Å². The van der Waals surface area contributed by atoms with Crippen molar-refractivity contribution in [3.8, 4) is 6.07 Å². The number of nitrogens with one attached hydrogen (secondary N) is 1. The van der Waals surface area contributed by atoms with Gasteiger partial charge in [0.2, 0.25) is 5.91 Å². The van der Waals surface area contributed by atoms with Gasteiger partial charge in [-0.05, 0) is 30.3 Å². The van der Waals surface area contributed by atoms with Crippen molar-refractivity contribution in [2.75, 3.05) is 16.8 Å². The number of fused-ring (bicyclic) bond motifs is 3. The predicted octanol–water partition coefficient (Wildman–Crippen LogP) is 2.92. The Balaban J connectivity index is 1.78. The third kappa shape index (κ3) is 2.36. The molecule has 32 heavy (non-hydrogen) atoms. The number of carbonyl (C=O) groups is 2. The molecule has 0 radical (unpaired) electrons. The first-order valence-corrected chi connectivity index (χ1v) is 9.40. The van der Waals surface area contributed by atoms with Crippen molar-refractivity contribution < 1.29 is 27.5 Å². The van der Waals surface area contributed by atoms with Gasteiger partial charge in [0.05, 0.1) is 22.4 Å². The Labute approximate surface area is 179 Å². The number of rotatable bonds is 1. The van der Waals surface area contributed by atoms with Crippen LogP contribution in [0.1, 0.15) is 11.1 Å². The van der Waals surface area contributed by atoms with Crippen LogP contribution in [0.2, 0.25) is 0 Å². The van der Waals surface area contributed by atoms with E-state index >= 15 is 0 Å². The van der Waals surface area contributed by atoms with Gasteiger partial charge in [-0.25, -0.2) is 4.79 Å². The molecule has 3 N–H and O–H groups in total. The number of alkyl halides is 3. The summed E-state index contributed by atoms with van der Waals surface area (Å²) in [5.74, 6) is -1.60. The number of esters is 1. The number of para-hydroxylation sites is 1. The molecule has 10 heteroatoms. The normalized spacial score (nSPS) is 22.0. The molecular weight excluding hydrogens is 425 g/mol. The molecule has 0 aromatic heterocycles. The Morgan fingerprint density at radius 1 is 1.12 bits per heavy atom. The molecule has 0 aliphatic carbocycles. The number of benzene rings is 2. The first-order valence-electron chi connectivity index (χ1n) is 9.40. The summed E-state index contributed by atoms with van der Waals surface area (Å²) in [4.78, 5) is 27.4. The standard InChI is InChI=1S/C22H13F3N4O3/c23-22(24,25)11-5-7-12(8-6-11)29-16-10-32-19(30)17(16)21(14(9-26)18(29)27)13-3-1-2-4-15(13)28-20(21)31/h1-8H,10,27H2,(H,28,31)/t21-/m0/s1. The third-order valence-electron chi connectivity index (χ3n) is 5.83. The number of hydrogen-bond acceptors (Lipinski definition) is 6. The third-order valence-corrected chi connectivity index (χ3v) is 5.83.